The summed E-state index contributed by atoms with van der Waals surface area (Å²) < 4.78 is 0. The van der Waals surface area contributed by atoms with Crippen LogP contribution in [0.1, 0.15) is 19.0 Å². The van der Waals surface area contributed by atoms with Crippen molar-refractivity contribution in [3.8, 4) is 0 Å². The molecule has 1 heterocycles. The van der Waals surface area contributed by atoms with E-state index in [2.05, 4.69) is 31.0 Å². The van der Waals surface area contributed by atoms with Gasteiger partial charge in [-0.05, 0) is 31.6 Å². The van der Waals surface area contributed by atoms with Crippen molar-refractivity contribution in [3.63, 3.8) is 0 Å². The van der Waals surface area contributed by atoms with Crippen LogP contribution in [0.2, 0.25) is 0 Å². The van der Waals surface area contributed by atoms with Gasteiger partial charge in [0.1, 0.15) is 0 Å². The zero-order valence-electron chi connectivity index (χ0n) is 6.89. The van der Waals surface area contributed by atoms with Crippen LogP contribution in [0.15, 0.2) is 12.3 Å². The molecule has 0 fully saturated rings. The Balaban J connectivity index is 3.00. The lowest BCUT2D eigenvalue weighted by molar-refractivity contribution is 1.15. The molecule has 1 aliphatic rings. The molecule has 2 rings (SSSR count). The van der Waals surface area contributed by atoms with Crippen LogP contribution in [0.25, 0.3) is 11.6 Å². The number of aryl methyl sites for hydroxylation is 1. The SMILES string of the molecule is CC1=c2c(C)nccc2=CC1. The van der Waals surface area contributed by atoms with Crippen LogP contribution in [0.4, 0.5) is 0 Å². The summed E-state index contributed by atoms with van der Waals surface area (Å²) in [4.78, 5) is 4.26. The van der Waals surface area contributed by atoms with E-state index >= 15 is 0 Å². The van der Waals surface area contributed by atoms with Crippen molar-refractivity contribution in [3.05, 3.63) is 28.4 Å². The summed E-state index contributed by atoms with van der Waals surface area (Å²) in [7, 11) is 0. The zero-order valence-corrected chi connectivity index (χ0v) is 6.89. The second-order valence-electron chi connectivity index (χ2n) is 3.05. The van der Waals surface area contributed by atoms with Gasteiger partial charge in [0, 0.05) is 17.1 Å². The number of rotatable bonds is 0. The van der Waals surface area contributed by atoms with Gasteiger partial charge in [0.05, 0.1) is 0 Å². The Morgan fingerprint density at radius 1 is 1.36 bits per heavy atom. The number of hydrogen-bond acceptors (Lipinski definition) is 1. The van der Waals surface area contributed by atoms with Crippen LogP contribution in [0, 0.1) is 6.92 Å². The summed E-state index contributed by atoms with van der Waals surface area (Å²) in [5, 5.41) is 2.72. The summed E-state index contributed by atoms with van der Waals surface area (Å²) >= 11 is 0. The van der Waals surface area contributed by atoms with Crippen LogP contribution in [0.5, 0.6) is 0 Å². The maximum Gasteiger partial charge on any atom is 0.0450 e. The van der Waals surface area contributed by atoms with E-state index in [4.69, 9.17) is 0 Å². The Morgan fingerprint density at radius 3 is 2.91 bits per heavy atom. The molecule has 0 unspecified atom stereocenters. The molecule has 11 heavy (non-hydrogen) atoms. The van der Waals surface area contributed by atoms with Gasteiger partial charge in [0.25, 0.3) is 0 Å². The molecule has 0 bridgehead atoms. The van der Waals surface area contributed by atoms with Crippen molar-refractivity contribution in [2.75, 3.05) is 0 Å². The number of hydrogen-bond donors (Lipinski definition) is 0. The summed E-state index contributed by atoms with van der Waals surface area (Å²) in [6.45, 7) is 4.25. The third-order valence-corrected chi connectivity index (χ3v) is 2.23. The van der Waals surface area contributed by atoms with Crippen LogP contribution >= 0.6 is 0 Å². The normalized spacial score (nSPS) is 14.5. The minimum absolute atomic E-state index is 1.10. The molecule has 1 heteroatoms. The Bertz CT molecular complexity index is 401. The van der Waals surface area contributed by atoms with E-state index in [0.29, 0.717) is 0 Å². The van der Waals surface area contributed by atoms with Gasteiger partial charge >= 0.3 is 0 Å². The second-order valence-corrected chi connectivity index (χ2v) is 3.05. The molecular weight excluding hydrogens is 134 g/mol. The fraction of sp³-hybridized carbons (Fsp3) is 0.300. The summed E-state index contributed by atoms with van der Waals surface area (Å²) in [6, 6.07) is 2.08. The lowest BCUT2D eigenvalue weighted by atomic mass is 10.2. The quantitative estimate of drug-likeness (QED) is 0.525. The molecule has 1 aromatic heterocycles. The van der Waals surface area contributed by atoms with Crippen molar-refractivity contribution in [2.24, 2.45) is 0 Å². The van der Waals surface area contributed by atoms with Crippen LogP contribution in [-0.4, -0.2) is 4.98 Å². The third kappa shape index (κ3) is 0.881. The van der Waals surface area contributed by atoms with E-state index in [1.807, 2.05) is 6.20 Å². The fourth-order valence-electron chi connectivity index (χ4n) is 1.68. The highest BCUT2D eigenvalue weighted by molar-refractivity contribution is 5.57. The van der Waals surface area contributed by atoms with Crippen LogP contribution in [-0.2, 0) is 0 Å². The van der Waals surface area contributed by atoms with Crippen molar-refractivity contribution in [1.29, 1.82) is 0 Å². The molecule has 1 aliphatic carbocycles. The predicted octanol–water partition coefficient (Wildman–Crippen LogP) is 0.745. The first-order valence-electron chi connectivity index (χ1n) is 3.90. The highest BCUT2D eigenvalue weighted by Crippen LogP contribution is 2.02. The lowest BCUT2D eigenvalue weighted by Gasteiger charge is -1.93. The van der Waals surface area contributed by atoms with Gasteiger partial charge in [-0.25, -0.2) is 0 Å². The Hall–Kier alpha value is -1.11. The Morgan fingerprint density at radius 2 is 2.18 bits per heavy atom. The largest absolute Gasteiger partial charge is 0.261 e. The minimum Gasteiger partial charge on any atom is -0.261 e. The first-order valence-corrected chi connectivity index (χ1v) is 3.90. The van der Waals surface area contributed by atoms with E-state index in [1.54, 1.807) is 0 Å². The molecule has 0 N–H and O–H groups in total. The highest BCUT2D eigenvalue weighted by Gasteiger charge is 2.01. The summed E-state index contributed by atoms with van der Waals surface area (Å²) in [5.74, 6) is 0. The molecule has 1 nitrogen and oxygen atoms in total. The van der Waals surface area contributed by atoms with E-state index in [1.165, 1.54) is 16.0 Å². The number of fused-ring (bicyclic) bond motifs is 1. The molecule has 0 aromatic carbocycles. The monoisotopic (exact) mass is 145 g/mol. The van der Waals surface area contributed by atoms with Gasteiger partial charge in [0.15, 0.2) is 0 Å². The molecule has 0 aliphatic heterocycles. The average Bonchev–Trinajstić information content (AvgIpc) is 2.34. The molecule has 0 spiro atoms. The predicted molar refractivity (Wildman–Crippen MR) is 46.4 cm³/mol. The fourth-order valence-corrected chi connectivity index (χ4v) is 1.68. The Kier molecular flexibility index (Phi) is 1.31. The zero-order chi connectivity index (χ0) is 7.84. The molecule has 1 aromatic rings. The standard InChI is InChI=1S/C10H11N/c1-7-3-4-9-5-6-11-8(2)10(7)9/h4-6H,3H2,1-2H3. The molecule has 0 amide bonds. The lowest BCUT2D eigenvalue weighted by Crippen LogP contribution is -2.26. The molecular formula is C10H11N. The number of nitrogens with zero attached hydrogens (tertiary/aromatic N) is 1. The summed E-state index contributed by atoms with van der Waals surface area (Å²) in [6.07, 6.45) is 5.24. The Labute approximate surface area is 66.1 Å². The number of aromatic nitrogens is 1. The van der Waals surface area contributed by atoms with Gasteiger partial charge in [-0.1, -0.05) is 11.6 Å². The van der Waals surface area contributed by atoms with E-state index in [-0.39, 0.29) is 0 Å². The maximum atomic E-state index is 4.26. The van der Waals surface area contributed by atoms with Gasteiger partial charge in [-0.2, -0.15) is 0 Å². The van der Waals surface area contributed by atoms with Crippen molar-refractivity contribution < 1.29 is 0 Å². The van der Waals surface area contributed by atoms with Crippen molar-refractivity contribution in [1.82, 2.24) is 4.98 Å². The first kappa shape index (κ1) is 6.59. The number of pyridine rings is 1. The van der Waals surface area contributed by atoms with Gasteiger partial charge in [-0.3, -0.25) is 4.98 Å². The maximum absolute atomic E-state index is 4.26. The van der Waals surface area contributed by atoms with Crippen molar-refractivity contribution in [2.45, 2.75) is 20.3 Å². The van der Waals surface area contributed by atoms with E-state index in [0.717, 1.165) is 12.1 Å². The minimum atomic E-state index is 1.10. The summed E-state index contributed by atoms with van der Waals surface area (Å²) in [5.41, 5.74) is 2.61. The first-order chi connectivity index (χ1) is 5.29. The van der Waals surface area contributed by atoms with E-state index < -0.39 is 0 Å². The molecule has 0 saturated heterocycles. The van der Waals surface area contributed by atoms with Crippen molar-refractivity contribution >= 4 is 11.6 Å². The molecule has 0 saturated carbocycles. The van der Waals surface area contributed by atoms with Gasteiger partial charge in [-0.15, -0.1) is 0 Å². The smallest absolute Gasteiger partial charge is 0.0450 e. The van der Waals surface area contributed by atoms with Crippen LogP contribution in [0.3, 0.4) is 0 Å². The van der Waals surface area contributed by atoms with E-state index in [9.17, 15) is 0 Å². The highest BCUT2D eigenvalue weighted by atomic mass is 14.7. The molecule has 56 valence electrons. The van der Waals surface area contributed by atoms with Crippen LogP contribution < -0.4 is 10.4 Å². The second kappa shape index (κ2) is 2.19. The third-order valence-electron chi connectivity index (χ3n) is 2.23. The topological polar surface area (TPSA) is 12.9 Å². The van der Waals surface area contributed by atoms with Gasteiger partial charge < -0.3 is 0 Å². The molecule has 0 atom stereocenters. The average molecular weight is 145 g/mol. The molecule has 0 radical (unpaired) electrons. The van der Waals surface area contributed by atoms with Gasteiger partial charge in [0.2, 0.25) is 0 Å².